The Kier molecular flexibility index (Phi) is 6.72. The molecule has 7 heteroatoms. The third-order valence-corrected chi connectivity index (χ3v) is 7.72. The van der Waals surface area contributed by atoms with Crippen molar-refractivity contribution in [3.8, 4) is 16.9 Å². The molecule has 0 aromatic heterocycles. The summed E-state index contributed by atoms with van der Waals surface area (Å²) in [6.45, 7) is 0.515. The second-order valence-electron chi connectivity index (χ2n) is 9.17. The highest BCUT2D eigenvalue weighted by atomic mass is 35.5. The number of hydrogen-bond donors (Lipinski definition) is 2. The van der Waals surface area contributed by atoms with Gasteiger partial charge in [-0.3, -0.25) is 9.59 Å². The van der Waals surface area contributed by atoms with Crippen molar-refractivity contribution in [3.63, 3.8) is 0 Å². The number of carbonyl (C=O) groups is 2. The monoisotopic (exact) mass is 508 g/mol. The number of nitrogens with zero attached hydrogens (tertiary/aromatic N) is 1. The van der Waals surface area contributed by atoms with Crippen molar-refractivity contribution in [1.29, 1.82) is 0 Å². The zero-order valence-electron chi connectivity index (χ0n) is 19.1. The summed E-state index contributed by atoms with van der Waals surface area (Å²) in [4.78, 5) is 28.4. The molecule has 2 aliphatic rings. The Morgan fingerprint density at radius 1 is 0.943 bits per heavy atom. The second kappa shape index (κ2) is 9.92. The summed E-state index contributed by atoms with van der Waals surface area (Å²) in [5, 5.41) is 14.4. The molecule has 2 amide bonds. The van der Waals surface area contributed by atoms with E-state index in [1.54, 1.807) is 35.2 Å². The molecule has 1 aliphatic heterocycles. The molecule has 180 valence electrons. The van der Waals surface area contributed by atoms with E-state index in [1.165, 1.54) is 17.2 Å². The molecule has 1 unspecified atom stereocenters. The molecule has 35 heavy (non-hydrogen) atoms. The summed E-state index contributed by atoms with van der Waals surface area (Å²) >= 11 is 12.2. The van der Waals surface area contributed by atoms with Gasteiger partial charge in [-0.25, -0.2) is 0 Å². The molecule has 0 bridgehead atoms. The SMILES string of the molecule is O=C(NC1CCCc2ccccc21)[C@@H]1CCCN1C(=O)c1ccc(O)c(-c2ccc(Cl)c(Cl)c2)c1. The van der Waals surface area contributed by atoms with Crippen LogP contribution >= 0.6 is 23.2 Å². The normalized spacial score (nSPS) is 19.3. The second-order valence-corrected chi connectivity index (χ2v) is 9.98. The topological polar surface area (TPSA) is 69.6 Å². The Morgan fingerprint density at radius 3 is 2.60 bits per heavy atom. The Morgan fingerprint density at radius 2 is 1.77 bits per heavy atom. The van der Waals surface area contributed by atoms with Crippen LogP contribution in [0, 0.1) is 0 Å². The average molecular weight is 509 g/mol. The van der Waals surface area contributed by atoms with Crippen LogP contribution in [0.15, 0.2) is 60.7 Å². The molecule has 0 radical (unpaired) electrons. The zero-order chi connectivity index (χ0) is 24.5. The largest absolute Gasteiger partial charge is 0.507 e. The summed E-state index contributed by atoms with van der Waals surface area (Å²) in [6, 6.07) is 17.5. The number of likely N-dealkylation sites (tertiary alicyclic amines) is 1. The Labute approximate surface area is 214 Å². The Balaban J connectivity index is 1.36. The van der Waals surface area contributed by atoms with Crippen LogP contribution in [0.25, 0.3) is 11.1 Å². The predicted octanol–water partition coefficient (Wildman–Crippen LogP) is 6.16. The maximum Gasteiger partial charge on any atom is 0.254 e. The first-order chi connectivity index (χ1) is 16.9. The summed E-state index contributed by atoms with van der Waals surface area (Å²) in [5.74, 6) is -0.305. The number of aryl methyl sites for hydroxylation is 1. The maximum atomic E-state index is 13.5. The molecule has 5 nitrogen and oxygen atoms in total. The Bertz CT molecular complexity index is 1290. The van der Waals surface area contributed by atoms with Gasteiger partial charge in [-0.15, -0.1) is 0 Å². The number of hydrogen-bond acceptors (Lipinski definition) is 3. The standard InChI is InChI=1S/C28H26Cl2N2O3/c29-22-12-10-18(16-23(22)30)21-15-19(11-13-26(21)33)28(35)32-14-4-9-25(32)27(34)31-24-8-3-6-17-5-1-2-7-20(17)24/h1-2,5,7,10-13,15-16,24-25,33H,3-4,6,8-9,14H2,(H,31,34)/t24?,25-/m0/s1. The van der Waals surface area contributed by atoms with Crippen LogP contribution in [0.5, 0.6) is 5.75 Å². The number of halogens is 2. The fourth-order valence-corrected chi connectivity index (χ4v) is 5.48. The van der Waals surface area contributed by atoms with E-state index in [0.29, 0.717) is 39.7 Å². The molecule has 0 spiro atoms. The smallest absolute Gasteiger partial charge is 0.254 e. The summed E-state index contributed by atoms with van der Waals surface area (Å²) in [7, 11) is 0. The van der Waals surface area contributed by atoms with Crippen molar-refractivity contribution in [2.45, 2.75) is 44.2 Å². The van der Waals surface area contributed by atoms with E-state index in [0.717, 1.165) is 25.7 Å². The number of fused-ring (bicyclic) bond motifs is 1. The highest BCUT2D eigenvalue weighted by Gasteiger charge is 2.36. The van der Waals surface area contributed by atoms with Crippen molar-refractivity contribution in [1.82, 2.24) is 10.2 Å². The van der Waals surface area contributed by atoms with Gasteiger partial charge in [-0.05, 0) is 79.1 Å². The molecule has 1 heterocycles. The van der Waals surface area contributed by atoms with Crippen LogP contribution in [-0.2, 0) is 11.2 Å². The average Bonchev–Trinajstić information content (AvgIpc) is 3.36. The maximum absolute atomic E-state index is 13.5. The highest BCUT2D eigenvalue weighted by molar-refractivity contribution is 6.42. The minimum absolute atomic E-state index is 0.0278. The number of benzene rings is 3. The van der Waals surface area contributed by atoms with Crippen molar-refractivity contribution in [2.24, 2.45) is 0 Å². The molecular formula is C28H26Cl2N2O3. The number of phenols is 1. The molecule has 1 aliphatic carbocycles. The lowest BCUT2D eigenvalue weighted by Gasteiger charge is -2.30. The minimum Gasteiger partial charge on any atom is -0.507 e. The third-order valence-electron chi connectivity index (χ3n) is 6.98. The van der Waals surface area contributed by atoms with Gasteiger partial charge in [0, 0.05) is 17.7 Å². The minimum atomic E-state index is -0.515. The van der Waals surface area contributed by atoms with Crippen molar-refractivity contribution in [3.05, 3.63) is 87.4 Å². The summed E-state index contributed by atoms with van der Waals surface area (Å²) in [6.07, 6.45) is 4.35. The fraction of sp³-hybridized carbons (Fsp3) is 0.286. The molecule has 2 N–H and O–H groups in total. The number of nitrogens with one attached hydrogen (secondary N) is 1. The number of carbonyl (C=O) groups excluding carboxylic acids is 2. The van der Waals surface area contributed by atoms with E-state index < -0.39 is 6.04 Å². The number of amides is 2. The van der Waals surface area contributed by atoms with Gasteiger partial charge in [0.25, 0.3) is 5.91 Å². The molecular weight excluding hydrogens is 483 g/mol. The molecule has 3 aromatic rings. The van der Waals surface area contributed by atoms with E-state index in [1.807, 2.05) is 12.1 Å². The zero-order valence-corrected chi connectivity index (χ0v) is 20.6. The van der Waals surface area contributed by atoms with Crippen molar-refractivity contribution in [2.75, 3.05) is 6.54 Å². The lowest BCUT2D eigenvalue weighted by molar-refractivity contribution is -0.125. The van der Waals surface area contributed by atoms with Gasteiger partial charge in [-0.1, -0.05) is 53.5 Å². The lowest BCUT2D eigenvalue weighted by Crippen LogP contribution is -2.47. The first-order valence-corrected chi connectivity index (χ1v) is 12.7. The van der Waals surface area contributed by atoms with Gasteiger partial charge in [0.15, 0.2) is 0 Å². The fourth-order valence-electron chi connectivity index (χ4n) is 5.18. The highest BCUT2D eigenvalue weighted by Crippen LogP contribution is 2.35. The van der Waals surface area contributed by atoms with Crippen LogP contribution in [0.2, 0.25) is 10.0 Å². The predicted molar refractivity (Wildman–Crippen MR) is 138 cm³/mol. The number of aromatic hydroxyl groups is 1. The van der Waals surface area contributed by atoms with Crippen LogP contribution in [0.4, 0.5) is 0 Å². The summed E-state index contributed by atoms with van der Waals surface area (Å²) < 4.78 is 0. The lowest BCUT2D eigenvalue weighted by atomic mass is 9.87. The van der Waals surface area contributed by atoms with Crippen LogP contribution in [0.1, 0.15) is 53.2 Å². The third kappa shape index (κ3) is 4.75. The van der Waals surface area contributed by atoms with E-state index in [2.05, 4.69) is 17.4 Å². The van der Waals surface area contributed by atoms with Crippen molar-refractivity contribution < 1.29 is 14.7 Å². The van der Waals surface area contributed by atoms with E-state index in [4.69, 9.17) is 23.2 Å². The summed E-state index contributed by atoms with van der Waals surface area (Å²) in [5.41, 5.74) is 3.99. The van der Waals surface area contributed by atoms with Gasteiger partial charge < -0.3 is 15.3 Å². The van der Waals surface area contributed by atoms with Crippen LogP contribution in [-0.4, -0.2) is 34.4 Å². The van der Waals surface area contributed by atoms with Crippen LogP contribution in [0.3, 0.4) is 0 Å². The Hall–Kier alpha value is -3.02. The molecule has 0 saturated carbocycles. The van der Waals surface area contributed by atoms with Gasteiger partial charge >= 0.3 is 0 Å². The van der Waals surface area contributed by atoms with Crippen LogP contribution < -0.4 is 5.32 Å². The number of rotatable bonds is 4. The molecule has 3 aromatic carbocycles. The molecule has 5 rings (SSSR count). The van der Waals surface area contributed by atoms with E-state index >= 15 is 0 Å². The van der Waals surface area contributed by atoms with Gasteiger partial charge in [0.1, 0.15) is 11.8 Å². The van der Waals surface area contributed by atoms with Gasteiger partial charge in [-0.2, -0.15) is 0 Å². The number of phenolic OH excluding ortho intramolecular Hbond substituents is 1. The quantitative estimate of drug-likeness (QED) is 0.442. The molecule has 1 fully saturated rings. The van der Waals surface area contributed by atoms with Crippen molar-refractivity contribution >= 4 is 35.0 Å². The molecule has 1 saturated heterocycles. The molecule has 2 atom stereocenters. The van der Waals surface area contributed by atoms with Gasteiger partial charge in [0.05, 0.1) is 16.1 Å². The van der Waals surface area contributed by atoms with E-state index in [-0.39, 0.29) is 23.6 Å². The first-order valence-electron chi connectivity index (χ1n) is 11.9. The first kappa shape index (κ1) is 23.7. The van der Waals surface area contributed by atoms with E-state index in [9.17, 15) is 14.7 Å². The van der Waals surface area contributed by atoms with Gasteiger partial charge in [0.2, 0.25) is 5.91 Å².